The first-order valence-electron chi connectivity index (χ1n) is 3.99. The molecule has 5 heteroatoms. The van der Waals surface area contributed by atoms with Gasteiger partial charge in [-0.2, -0.15) is 0 Å². The molecule has 1 heterocycles. The lowest BCUT2D eigenvalue weighted by Crippen LogP contribution is -2.31. The van der Waals surface area contributed by atoms with Crippen LogP contribution in [-0.2, 0) is 9.31 Å². The highest BCUT2D eigenvalue weighted by atomic mass is 79.9. The van der Waals surface area contributed by atoms with Crippen LogP contribution in [0.2, 0.25) is 0 Å². The van der Waals surface area contributed by atoms with Crippen molar-refractivity contribution in [2.75, 3.05) is 13.2 Å². The monoisotopic (exact) mass is 242 g/mol. The molecule has 0 unspecified atom stereocenters. The summed E-state index contributed by atoms with van der Waals surface area (Å²) in [6, 6.07) is 5.18. The quantitative estimate of drug-likeness (QED) is 0.744. The zero-order chi connectivity index (χ0) is 9.26. The van der Waals surface area contributed by atoms with Crippen LogP contribution in [0.25, 0.3) is 0 Å². The summed E-state index contributed by atoms with van der Waals surface area (Å²) < 4.78 is 11.4. The molecule has 1 aromatic rings. The van der Waals surface area contributed by atoms with Crippen LogP contribution in [0.5, 0.6) is 5.75 Å². The van der Waals surface area contributed by atoms with Gasteiger partial charge in [0.05, 0.1) is 13.2 Å². The van der Waals surface area contributed by atoms with E-state index in [9.17, 15) is 5.11 Å². The lowest BCUT2D eigenvalue weighted by molar-refractivity contribution is 0.365. The average molecular weight is 243 g/mol. The van der Waals surface area contributed by atoms with E-state index < -0.39 is 7.12 Å². The normalized spacial score (nSPS) is 16.5. The molecule has 1 saturated heterocycles. The van der Waals surface area contributed by atoms with E-state index in [1.54, 1.807) is 18.2 Å². The Bertz CT molecular complexity index is 312. The number of halogens is 1. The van der Waals surface area contributed by atoms with Crippen molar-refractivity contribution in [3.63, 3.8) is 0 Å². The van der Waals surface area contributed by atoms with E-state index >= 15 is 0 Å². The zero-order valence-electron chi connectivity index (χ0n) is 6.87. The van der Waals surface area contributed by atoms with E-state index in [0.29, 0.717) is 18.7 Å². The molecule has 1 aliphatic heterocycles. The zero-order valence-corrected chi connectivity index (χ0v) is 8.45. The van der Waals surface area contributed by atoms with Gasteiger partial charge < -0.3 is 14.4 Å². The van der Waals surface area contributed by atoms with Gasteiger partial charge in [-0.25, -0.2) is 0 Å². The van der Waals surface area contributed by atoms with Gasteiger partial charge >= 0.3 is 7.12 Å². The molecule has 3 nitrogen and oxygen atoms in total. The van der Waals surface area contributed by atoms with Gasteiger partial charge in [0.1, 0.15) is 5.75 Å². The van der Waals surface area contributed by atoms with Gasteiger partial charge in [-0.15, -0.1) is 0 Å². The van der Waals surface area contributed by atoms with Crippen molar-refractivity contribution in [1.82, 2.24) is 0 Å². The van der Waals surface area contributed by atoms with Crippen molar-refractivity contribution in [3.05, 3.63) is 22.7 Å². The van der Waals surface area contributed by atoms with Gasteiger partial charge in [0, 0.05) is 9.94 Å². The molecule has 1 N–H and O–H groups in total. The Balaban J connectivity index is 2.32. The molecule has 0 saturated carbocycles. The maximum atomic E-state index is 9.51. The highest BCUT2D eigenvalue weighted by Crippen LogP contribution is 2.15. The summed E-state index contributed by atoms with van der Waals surface area (Å²) in [4.78, 5) is 0. The van der Waals surface area contributed by atoms with E-state index in [1.807, 2.05) is 0 Å². The molecule has 1 aliphatic rings. The molecule has 0 aromatic heterocycles. The van der Waals surface area contributed by atoms with Crippen molar-refractivity contribution < 1.29 is 14.4 Å². The molecule has 0 spiro atoms. The van der Waals surface area contributed by atoms with Gasteiger partial charge in [0.2, 0.25) is 0 Å². The first-order chi connectivity index (χ1) is 6.27. The molecule has 0 radical (unpaired) electrons. The predicted octanol–water partition coefficient (Wildman–Crippen LogP) is 0.897. The van der Waals surface area contributed by atoms with Crippen LogP contribution in [0, 0.1) is 0 Å². The van der Waals surface area contributed by atoms with Crippen LogP contribution in [-0.4, -0.2) is 25.4 Å². The minimum atomic E-state index is -0.419. The Hall–Kier alpha value is -0.515. The van der Waals surface area contributed by atoms with Crippen molar-refractivity contribution in [3.8, 4) is 5.75 Å². The molecule has 0 bridgehead atoms. The second-order valence-electron chi connectivity index (χ2n) is 2.78. The van der Waals surface area contributed by atoms with Crippen molar-refractivity contribution in [1.29, 1.82) is 0 Å². The summed E-state index contributed by atoms with van der Waals surface area (Å²) in [5.74, 6) is 0.204. The topological polar surface area (TPSA) is 38.7 Å². The number of rotatable bonds is 1. The maximum absolute atomic E-state index is 9.51. The second kappa shape index (κ2) is 3.70. The van der Waals surface area contributed by atoms with E-state index in [2.05, 4.69) is 15.9 Å². The van der Waals surface area contributed by atoms with E-state index in [4.69, 9.17) is 9.31 Å². The van der Waals surface area contributed by atoms with Crippen LogP contribution >= 0.6 is 15.9 Å². The van der Waals surface area contributed by atoms with E-state index in [1.165, 1.54) is 0 Å². The molecule has 0 amide bonds. The molecule has 1 aromatic carbocycles. The minimum Gasteiger partial charge on any atom is -0.508 e. The van der Waals surface area contributed by atoms with E-state index in [0.717, 1.165) is 4.47 Å². The second-order valence-corrected chi connectivity index (χ2v) is 3.69. The Morgan fingerprint density at radius 2 is 2.00 bits per heavy atom. The molecule has 0 atom stereocenters. The van der Waals surface area contributed by atoms with Gasteiger partial charge in [0.15, 0.2) is 0 Å². The van der Waals surface area contributed by atoms with Crippen LogP contribution in [0.3, 0.4) is 0 Å². The molecule has 13 heavy (non-hydrogen) atoms. The fourth-order valence-corrected chi connectivity index (χ4v) is 1.63. The van der Waals surface area contributed by atoms with Gasteiger partial charge in [0.25, 0.3) is 0 Å². The molecule has 2 rings (SSSR count). The fourth-order valence-electron chi connectivity index (χ4n) is 1.25. The fraction of sp³-hybridized carbons (Fsp3) is 0.250. The number of aromatic hydroxyl groups is 1. The third kappa shape index (κ3) is 1.87. The lowest BCUT2D eigenvalue weighted by atomic mass is 9.79. The minimum absolute atomic E-state index is 0.204. The summed E-state index contributed by atoms with van der Waals surface area (Å²) in [5.41, 5.74) is 0.673. The Kier molecular flexibility index (Phi) is 2.57. The van der Waals surface area contributed by atoms with Gasteiger partial charge in [-0.05, 0) is 18.2 Å². The van der Waals surface area contributed by atoms with Crippen molar-refractivity contribution in [2.24, 2.45) is 0 Å². The third-order valence-electron chi connectivity index (χ3n) is 1.87. The van der Waals surface area contributed by atoms with Gasteiger partial charge in [-0.3, -0.25) is 0 Å². The Labute approximate surface area is 84.9 Å². The predicted molar refractivity (Wildman–Crippen MR) is 53.1 cm³/mol. The number of hydrogen-bond acceptors (Lipinski definition) is 3. The standard InChI is InChI=1S/C8H8BBrO3/c10-6-1-2-8(11)7(5-6)9-12-3-4-13-9/h1-2,5,11H,3-4H2. The first kappa shape index (κ1) is 9.06. The molecule has 68 valence electrons. The highest BCUT2D eigenvalue weighted by Gasteiger charge is 2.28. The Morgan fingerprint density at radius 1 is 1.31 bits per heavy atom. The molecular weight excluding hydrogens is 235 g/mol. The number of phenols is 1. The van der Waals surface area contributed by atoms with Gasteiger partial charge in [-0.1, -0.05) is 15.9 Å². The highest BCUT2D eigenvalue weighted by molar-refractivity contribution is 9.10. The average Bonchev–Trinajstić information content (AvgIpc) is 2.61. The van der Waals surface area contributed by atoms with Crippen LogP contribution in [0.1, 0.15) is 0 Å². The van der Waals surface area contributed by atoms with Crippen LogP contribution in [0.4, 0.5) is 0 Å². The Morgan fingerprint density at radius 3 is 2.69 bits per heavy atom. The van der Waals surface area contributed by atoms with Crippen molar-refractivity contribution in [2.45, 2.75) is 0 Å². The van der Waals surface area contributed by atoms with Crippen molar-refractivity contribution >= 4 is 28.5 Å². The summed E-state index contributed by atoms with van der Waals surface area (Å²) in [6.45, 7) is 1.16. The summed E-state index contributed by atoms with van der Waals surface area (Å²) >= 11 is 3.32. The van der Waals surface area contributed by atoms with Crippen LogP contribution < -0.4 is 5.46 Å². The summed E-state index contributed by atoms with van der Waals surface area (Å²) in [6.07, 6.45) is 0. The lowest BCUT2D eigenvalue weighted by Gasteiger charge is -2.06. The number of phenolic OH excluding ortho intramolecular Hbond substituents is 1. The van der Waals surface area contributed by atoms with Crippen LogP contribution in [0.15, 0.2) is 22.7 Å². The largest absolute Gasteiger partial charge is 0.508 e. The number of hydrogen-bond donors (Lipinski definition) is 1. The smallest absolute Gasteiger partial charge is 0.497 e. The summed E-state index contributed by atoms with van der Waals surface area (Å²) in [5, 5.41) is 9.51. The third-order valence-corrected chi connectivity index (χ3v) is 2.36. The van der Waals surface area contributed by atoms with E-state index in [-0.39, 0.29) is 5.75 Å². The SMILES string of the molecule is Oc1ccc(Br)cc1B1OCCO1. The maximum Gasteiger partial charge on any atom is 0.497 e. The number of benzene rings is 1. The first-order valence-corrected chi connectivity index (χ1v) is 4.78. The summed E-state index contributed by atoms with van der Waals surface area (Å²) in [7, 11) is -0.419. The molecule has 0 aliphatic carbocycles. The molecular formula is C8H8BBrO3. The molecule has 1 fully saturated rings.